The Bertz CT molecular complexity index is 1030. The summed E-state index contributed by atoms with van der Waals surface area (Å²) in [4.78, 5) is 17.2. The number of thiazole rings is 1. The predicted octanol–water partition coefficient (Wildman–Crippen LogP) is 5.17. The van der Waals surface area contributed by atoms with Gasteiger partial charge in [-0.2, -0.15) is 0 Å². The Kier molecular flexibility index (Phi) is 3.82. The monoisotopic (exact) mass is 379 g/mol. The second-order valence-corrected chi connectivity index (χ2v) is 8.55. The number of ether oxygens (including phenoxy) is 1. The van der Waals surface area contributed by atoms with Gasteiger partial charge in [-0.15, -0.1) is 0 Å². The Morgan fingerprint density at radius 3 is 2.93 bits per heavy atom. The number of hydrogen-bond acceptors (Lipinski definition) is 4. The molecule has 3 aromatic rings. The number of carbonyl (C=O) groups excluding carboxylic acids is 1. The van der Waals surface area contributed by atoms with Crippen LogP contribution in [0.4, 0.5) is 9.93 Å². The third kappa shape index (κ3) is 3.04. The lowest BCUT2D eigenvalue weighted by Gasteiger charge is -2.47. The second-order valence-electron chi connectivity index (χ2n) is 7.52. The van der Waals surface area contributed by atoms with Gasteiger partial charge in [-0.05, 0) is 49.9 Å². The fourth-order valence-corrected chi connectivity index (χ4v) is 4.96. The summed E-state index contributed by atoms with van der Waals surface area (Å²) < 4.78 is 7.33. The van der Waals surface area contributed by atoms with Crippen LogP contribution in [0.3, 0.4) is 0 Å². The van der Waals surface area contributed by atoms with Gasteiger partial charge in [0.1, 0.15) is 11.4 Å². The highest BCUT2D eigenvalue weighted by molar-refractivity contribution is 7.22. The van der Waals surface area contributed by atoms with E-state index in [1.54, 1.807) is 0 Å². The van der Waals surface area contributed by atoms with Gasteiger partial charge in [0.15, 0.2) is 5.13 Å². The molecule has 1 fully saturated rings. The zero-order valence-electron chi connectivity index (χ0n) is 15.1. The fourth-order valence-electron chi connectivity index (χ4n) is 4.00. The summed E-state index contributed by atoms with van der Waals surface area (Å²) in [6.07, 6.45) is 4.11. The van der Waals surface area contributed by atoms with E-state index in [1.165, 1.54) is 23.3 Å². The number of para-hydroxylation sites is 1. The molecule has 1 unspecified atom stereocenters. The number of nitrogens with zero attached hydrogens (tertiary/aromatic N) is 1. The summed E-state index contributed by atoms with van der Waals surface area (Å²) in [7, 11) is 0. The van der Waals surface area contributed by atoms with Gasteiger partial charge in [-0.25, -0.2) is 9.78 Å². The molecule has 1 aliphatic carbocycles. The van der Waals surface area contributed by atoms with Crippen LogP contribution in [0.2, 0.25) is 0 Å². The van der Waals surface area contributed by atoms with Crippen molar-refractivity contribution in [1.82, 2.24) is 10.3 Å². The molecule has 1 spiro atoms. The van der Waals surface area contributed by atoms with Crippen molar-refractivity contribution < 1.29 is 9.53 Å². The van der Waals surface area contributed by atoms with E-state index in [2.05, 4.69) is 28.6 Å². The molecule has 1 atom stereocenters. The smallest absolute Gasteiger partial charge is 0.321 e. The van der Waals surface area contributed by atoms with E-state index in [-0.39, 0.29) is 17.7 Å². The normalized spacial score (nSPS) is 19.8. The third-order valence-corrected chi connectivity index (χ3v) is 6.47. The SMILES string of the molecule is Cc1ccc2nc(NC(=O)NC3CC4(CCC4)Oc4ccccc43)sc2c1. The van der Waals surface area contributed by atoms with Crippen molar-refractivity contribution >= 4 is 32.7 Å². The van der Waals surface area contributed by atoms with Crippen LogP contribution in [0, 0.1) is 6.92 Å². The molecule has 2 aliphatic rings. The third-order valence-electron chi connectivity index (χ3n) is 5.53. The molecule has 2 heterocycles. The molecule has 0 saturated heterocycles. The molecule has 2 aromatic carbocycles. The van der Waals surface area contributed by atoms with Gasteiger partial charge in [-0.1, -0.05) is 35.6 Å². The zero-order chi connectivity index (χ0) is 18.4. The zero-order valence-corrected chi connectivity index (χ0v) is 15.9. The summed E-state index contributed by atoms with van der Waals surface area (Å²) in [5.41, 5.74) is 3.03. The van der Waals surface area contributed by atoms with Gasteiger partial charge in [-0.3, -0.25) is 5.32 Å². The fraction of sp³-hybridized carbons (Fsp3) is 0.333. The van der Waals surface area contributed by atoms with E-state index >= 15 is 0 Å². The van der Waals surface area contributed by atoms with Crippen LogP contribution in [0.1, 0.15) is 42.9 Å². The summed E-state index contributed by atoms with van der Waals surface area (Å²) in [6, 6.07) is 13.8. The lowest BCUT2D eigenvalue weighted by atomic mass is 9.73. The van der Waals surface area contributed by atoms with Gasteiger partial charge in [0.05, 0.1) is 16.3 Å². The molecule has 1 aromatic heterocycles. The van der Waals surface area contributed by atoms with E-state index in [9.17, 15) is 4.79 Å². The quantitative estimate of drug-likeness (QED) is 0.645. The standard InChI is InChI=1S/C21H21N3O2S/c1-13-7-8-15-18(11-13)27-20(23-15)24-19(25)22-16-12-21(9-4-10-21)26-17-6-3-2-5-14(16)17/h2-3,5-8,11,16H,4,9-10,12H2,1H3,(H2,22,23,24,25). The van der Waals surface area contributed by atoms with Crippen LogP contribution >= 0.6 is 11.3 Å². The van der Waals surface area contributed by atoms with E-state index in [0.29, 0.717) is 5.13 Å². The number of hydrogen-bond donors (Lipinski definition) is 2. The minimum absolute atomic E-state index is 0.0492. The van der Waals surface area contributed by atoms with Crippen molar-refractivity contribution in [2.75, 3.05) is 5.32 Å². The van der Waals surface area contributed by atoms with Gasteiger partial charge in [0.2, 0.25) is 0 Å². The molecule has 5 nitrogen and oxygen atoms in total. The predicted molar refractivity (Wildman–Crippen MR) is 108 cm³/mol. The summed E-state index contributed by atoms with van der Waals surface area (Å²) in [6.45, 7) is 2.05. The molecule has 138 valence electrons. The molecular formula is C21H21N3O2S. The molecule has 0 bridgehead atoms. The maximum Gasteiger partial charge on any atom is 0.321 e. The number of aryl methyl sites for hydroxylation is 1. The van der Waals surface area contributed by atoms with Crippen molar-refractivity contribution in [2.24, 2.45) is 0 Å². The number of benzene rings is 2. The first-order valence-corrected chi connectivity index (χ1v) is 10.1. The molecule has 2 N–H and O–H groups in total. The Hall–Kier alpha value is -2.60. The lowest BCUT2D eigenvalue weighted by Crippen LogP contribution is -2.50. The average molecular weight is 379 g/mol. The van der Waals surface area contributed by atoms with E-state index in [1.807, 2.05) is 36.4 Å². The Morgan fingerprint density at radius 2 is 2.11 bits per heavy atom. The maximum absolute atomic E-state index is 12.7. The number of fused-ring (bicyclic) bond motifs is 2. The molecular weight excluding hydrogens is 358 g/mol. The number of amides is 2. The van der Waals surface area contributed by atoms with Gasteiger partial charge in [0, 0.05) is 12.0 Å². The van der Waals surface area contributed by atoms with E-state index in [4.69, 9.17) is 4.74 Å². The van der Waals surface area contributed by atoms with Crippen LogP contribution in [-0.2, 0) is 0 Å². The largest absolute Gasteiger partial charge is 0.487 e. The Balaban J connectivity index is 1.35. The first kappa shape index (κ1) is 16.6. The minimum Gasteiger partial charge on any atom is -0.487 e. The van der Waals surface area contributed by atoms with Crippen molar-refractivity contribution in [3.63, 3.8) is 0 Å². The van der Waals surface area contributed by atoms with E-state index < -0.39 is 0 Å². The first-order chi connectivity index (χ1) is 13.1. The molecule has 27 heavy (non-hydrogen) atoms. The highest BCUT2D eigenvalue weighted by Gasteiger charge is 2.45. The van der Waals surface area contributed by atoms with Crippen LogP contribution in [-0.4, -0.2) is 16.6 Å². The average Bonchev–Trinajstić information content (AvgIpc) is 3.01. The summed E-state index contributed by atoms with van der Waals surface area (Å²) in [5.74, 6) is 0.893. The Labute approximate surface area is 161 Å². The summed E-state index contributed by atoms with van der Waals surface area (Å²) in [5, 5.41) is 6.67. The number of aromatic nitrogens is 1. The van der Waals surface area contributed by atoms with Crippen molar-refractivity contribution in [1.29, 1.82) is 0 Å². The molecule has 6 heteroatoms. The maximum atomic E-state index is 12.7. The van der Waals surface area contributed by atoms with Crippen LogP contribution in [0.5, 0.6) is 5.75 Å². The first-order valence-electron chi connectivity index (χ1n) is 9.33. The molecule has 1 saturated carbocycles. The number of nitrogens with one attached hydrogen (secondary N) is 2. The number of carbonyl (C=O) groups is 1. The molecule has 1 aliphatic heterocycles. The second kappa shape index (κ2) is 6.23. The summed E-state index contributed by atoms with van der Waals surface area (Å²) >= 11 is 1.50. The van der Waals surface area contributed by atoms with Crippen molar-refractivity contribution in [3.8, 4) is 5.75 Å². The van der Waals surface area contributed by atoms with Gasteiger partial charge >= 0.3 is 6.03 Å². The lowest BCUT2D eigenvalue weighted by molar-refractivity contribution is -0.0354. The van der Waals surface area contributed by atoms with Gasteiger partial charge < -0.3 is 10.1 Å². The van der Waals surface area contributed by atoms with Crippen molar-refractivity contribution in [3.05, 3.63) is 53.6 Å². The number of anilines is 1. The number of urea groups is 1. The topological polar surface area (TPSA) is 63.2 Å². The molecule has 5 rings (SSSR count). The highest BCUT2D eigenvalue weighted by Crippen LogP contribution is 2.48. The van der Waals surface area contributed by atoms with Crippen LogP contribution in [0.15, 0.2) is 42.5 Å². The van der Waals surface area contributed by atoms with Gasteiger partial charge in [0.25, 0.3) is 0 Å². The van der Waals surface area contributed by atoms with Crippen LogP contribution in [0.25, 0.3) is 10.2 Å². The van der Waals surface area contributed by atoms with E-state index in [0.717, 1.165) is 40.8 Å². The number of rotatable bonds is 2. The highest BCUT2D eigenvalue weighted by atomic mass is 32.1. The van der Waals surface area contributed by atoms with Crippen LogP contribution < -0.4 is 15.4 Å². The molecule has 0 radical (unpaired) electrons. The minimum atomic E-state index is -0.220. The molecule has 2 amide bonds. The Morgan fingerprint density at radius 1 is 1.26 bits per heavy atom. The van der Waals surface area contributed by atoms with Crippen molar-refractivity contribution in [2.45, 2.75) is 44.2 Å².